The average molecular weight is 258 g/mol. The molecule has 19 heavy (non-hydrogen) atoms. The van der Waals surface area contributed by atoms with Crippen molar-refractivity contribution in [3.05, 3.63) is 48.2 Å². The topological polar surface area (TPSA) is 45.6 Å². The molecule has 1 aromatic carbocycles. The second kappa shape index (κ2) is 5.71. The van der Waals surface area contributed by atoms with Crippen LogP contribution in [-0.2, 0) is 0 Å². The highest BCUT2D eigenvalue weighted by atomic mass is 16.5. The molecule has 0 bridgehead atoms. The van der Waals surface area contributed by atoms with Gasteiger partial charge < -0.3 is 14.7 Å². The molecule has 100 valence electrons. The molecule has 0 saturated heterocycles. The van der Waals surface area contributed by atoms with E-state index in [0.29, 0.717) is 0 Å². The summed E-state index contributed by atoms with van der Waals surface area (Å²) in [7, 11) is 3.55. The van der Waals surface area contributed by atoms with Crippen molar-refractivity contribution in [2.24, 2.45) is 0 Å². The second-order valence-electron chi connectivity index (χ2n) is 4.32. The van der Waals surface area contributed by atoms with Crippen LogP contribution in [0.4, 0.5) is 11.5 Å². The Kier molecular flexibility index (Phi) is 4.02. The summed E-state index contributed by atoms with van der Waals surface area (Å²) in [5, 5.41) is 9.83. The number of pyridine rings is 1. The maximum Gasteiger partial charge on any atom is 0.142 e. The summed E-state index contributed by atoms with van der Waals surface area (Å²) in [4.78, 5) is 6.28. The van der Waals surface area contributed by atoms with E-state index in [1.54, 1.807) is 20.2 Å². The van der Waals surface area contributed by atoms with Gasteiger partial charge in [0.25, 0.3) is 0 Å². The fourth-order valence-corrected chi connectivity index (χ4v) is 2.04. The van der Waals surface area contributed by atoms with Gasteiger partial charge >= 0.3 is 0 Å². The molecule has 0 aliphatic heterocycles. The van der Waals surface area contributed by atoms with Crippen LogP contribution in [0.2, 0.25) is 0 Å². The van der Waals surface area contributed by atoms with E-state index in [9.17, 15) is 5.11 Å². The Hall–Kier alpha value is -2.07. The smallest absolute Gasteiger partial charge is 0.142 e. The van der Waals surface area contributed by atoms with Crippen molar-refractivity contribution < 1.29 is 9.84 Å². The van der Waals surface area contributed by atoms with Gasteiger partial charge in [0, 0.05) is 18.8 Å². The van der Waals surface area contributed by atoms with Gasteiger partial charge in [-0.15, -0.1) is 0 Å². The third kappa shape index (κ3) is 2.69. The van der Waals surface area contributed by atoms with Crippen molar-refractivity contribution in [3.63, 3.8) is 0 Å². The number of aliphatic hydroxyl groups excluding tert-OH is 1. The SMILES string of the molecule is COc1ccccc1N(C)c1ncccc1[C@@H](C)O. The quantitative estimate of drug-likeness (QED) is 0.916. The van der Waals surface area contributed by atoms with Gasteiger partial charge in [0.05, 0.1) is 18.9 Å². The number of aliphatic hydroxyl groups is 1. The van der Waals surface area contributed by atoms with Crippen LogP contribution in [0.15, 0.2) is 42.6 Å². The molecule has 0 amide bonds. The number of hydrogen-bond acceptors (Lipinski definition) is 4. The zero-order chi connectivity index (χ0) is 13.8. The predicted octanol–water partition coefficient (Wildman–Crippen LogP) is 2.91. The highest BCUT2D eigenvalue weighted by Gasteiger charge is 2.16. The lowest BCUT2D eigenvalue weighted by molar-refractivity contribution is 0.199. The van der Waals surface area contributed by atoms with Crippen molar-refractivity contribution in [2.75, 3.05) is 19.1 Å². The number of anilines is 2. The summed E-state index contributed by atoms with van der Waals surface area (Å²) in [5.74, 6) is 1.49. The Bertz CT molecular complexity index is 555. The number of hydrogen-bond donors (Lipinski definition) is 1. The van der Waals surface area contributed by atoms with E-state index in [0.717, 1.165) is 22.8 Å². The van der Waals surface area contributed by atoms with Gasteiger partial charge in [-0.05, 0) is 25.1 Å². The molecular formula is C15H18N2O2. The Balaban J connectivity index is 2.47. The minimum Gasteiger partial charge on any atom is -0.495 e. The summed E-state index contributed by atoms with van der Waals surface area (Å²) < 4.78 is 5.36. The molecular weight excluding hydrogens is 240 g/mol. The lowest BCUT2D eigenvalue weighted by Gasteiger charge is -2.23. The van der Waals surface area contributed by atoms with E-state index in [4.69, 9.17) is 4.74 Å². The highest BCUT2D eigenvalue weighted by Crippen LogP contribution is 2.34. The van der Waals surface area contributed by atoms with E-state index in [-0.39, 0.29) is 0 Å². The van der Waals surface area contributed by atoms with Gasteiger partial charge in [-0.2, -0.15) is 0 Å². The first-order chi connectivity index (χ1) is 9.15. The fourth-order valence-electron chi connectivity index (χ4n) is 2.04. The van der Waals surface area contributed by atoms with Crippen LogP contribution >= 0.6 is 0 Å². The standard InChI is InChI=1S/C15H18N2O2/c1-11(18)12-7-6-10-16-15(12)17(2)13-8-4-5-9-14(13)19-3/h4-11,18H,1-3H3/t11-/m1/s1. The summed E-state index contributed by atoms with van der Waals surface area (Å²) in [6.07, 6.45) is 1.15. The number of nitrogens with zero attached hydrogens (tertiary/aromatic N) is 2. The van der Waals surface area contributed by atoms with Crippen molar-refractivity contribution in [1.82, 2.24) is 4.98 Å². The van der Waals surface area contributed by atoms with Crippen molar-refractivity contribution >= 4 is 11.5 Å². The predicted molar refractivity (Wildman–Crippen MR) is 75.9 cm³/mol. The minimum absolute atomic E-state index is 0.569. The van der Waals surface area contributed by atoms with Crippen molar-refractivity contribution in [2.45, 2.75) is 13.0 Å². The van der Waals surface area contributed by atoms with Gasteiger partial charge in [0.2, 0.25) is 0 Å². The molecule has 2 aromatic rings. The number of aromatic nitrogens is 1. The molecule has 0 spiro atoms. The van der Waals surface area contributed by atoms with Crippen LogP contribution in [0.5, 0.6) is 5.75 Å². The van der Waals surface area contributed by atoms with Gasteiger partial charge in [0.15, 0.2) is 0 Å². The van der Waals surface area contributed by atoms with Crippen LogP contribution < -0.4 is 9.64 Å². The van der Waals surface area contributed by atoms with Gasteiger partial charge in [-0.1, -0.05) is 18.2 Å². The average Bonchev–Trinajstić information content (AvgIpc) is 2.46. The van der Waals surface area contributed by atoms with Crippen molar-refractivity contribution in [3.8, 4) is 5.75 Å². The van der Waals surface area contributed by atoms with Gasteiger partial charge in [-0.3, -0.25) is 0 Å². The number of benzene rings is 1. The molecule has 1 aromatic heterocycles. The number of ether oxygens (including phenoxy) is 1. The largest absolute Gasteiger partial charge is 0.495 e. The normalized spacial score (nSPS) is 12.0. The van der Waals surface area contributed by atoms with Crippen LogP contribution in [-0.4, -0.2) is 24.2 Å². The molecule has 0 aliphatic carbocycles. The van der Waals surface area contributed by atoms with Gasteiger partial charge in [-0.25, -0.2) is 4.98 Å². The van der Waals surface area contributed by atoms with Crippen LogP contribution in [0.1, 0.15) is 18.6 Å². The first-order valence-corrected chi connectivity index (χ1v) is 6.15. The lowest BCUT2D eigenvalue weighted by atomic mass is 10.1. The molecule has 1 heterocycles. The summed E-state index contributed by atoms with van der Waals surface area (Å²) in [6.45, 7) is 1.73. The van der Waals surface area contributed by atoms with E-state index in [2.05, 4.69) is 4.98 Å². The highest BCUT2D eigenvalue weighted by molar-refractivity contribution is 5.68. The number of methoxy groups -OCH3 is 1. The third-order valence-corrected chi connectivity index (χ3v) is 3.03. The summed E-state index contributed by atoms with van der Waals surface area (Å²) in [6, 6.07) is 11.4. The molecule has 0 fully saturated rings. The first-order valence-electron chi connectivity index (χ1n) is 6.15. The molecule has 0 unspecified atom stereocenters. The Morgan fingerprint density at radius 3 is 2.63 bits per heavy atom. The van der Waals surface area contributed by atoms with E-state index in [1.807, 2.05) is 48.3 Å². The summed E-state index contributed by atoms with van der Waals surface area (Å²) in [5.41, 5.74) is 1.70. The number of rotatable bonds is 4. The van der Waals surface area contributed by atoms with Crippen molar-refractivity contribution in [1.29, 1.82) is 0 Å². The first kappa shape index (κ1) is 13.4. The molecule has 4 heteroatoms. The lowest BCUT2D eigenvalue weighted by Crippen LogP contribution is -2.15. The Morgan fingerprint density at radius 1 is 1.21 bits per heavy atom. The zero-order valence-corrected chi connectivity index (χ0v) is 11.4. The van der Waals surface area contributed by atoms with E-state index < -0.39 is 6.10 Å². The maximum absolute atomic E-state index is 9.83. The van der Waals surface area contributed by atoms with E-state index in [1.165, 1.54) is 0 Å². The second-order valence-corrected chi connectivity index (χ2v) is 4.32. The molecule has 0 saturated carbocycles. The molecule has 2 rings (SSSR count). The molecule has 0 radical (unpaired) electrons. The molecule has 4 nitrogen and oxygen atoms in total. The van der Waals surface area contributed by atoms with E-state index >= 15 is 0 Å². The number of para-hydroxylation sites is 2. The molecule has 0 aliphatic rings. The minimum atomic E-state index is -0.569. The Morgan fingerprint density at radius 2 is 1.95 bits per heavy atom. The summed E-state index contributed by atoms with van der Waals surface area (Å²) >= 11 is 0. The Labute approximate surface area is 113 Å². The van der Waals surface area contributed by atoms with Crippen LogP contribution in [0, 0.1) is 0 Å². The van der Waals surface area contributed by atoms with Gasteiger partial charge in [0.1, 0.15) is 11.6 Å². The maximum atomic E-state index is 9.83. The molecule has 1 N–H and O–H groups in total. The fraction of sp³-hybridized carbons (Fsp3) is 0.267. The zero-order valence-electron chi connectivity index (χ0n) is 11.4. The van der Waals surface area contributed by atoms with Crippen LogP contribution in [0.25, 0.3) is 0 Å². The monoisotopic (exact) mass is 258 g/mol. The molecule has 1 atom stereocenters. The third-order valence-electron chi connectivity index (χ3n) is 3.03. The van der Waals surface area contributed by atoms with Crippen LogP contribution in [0.3, 0.4) is 0 Å².